The molecule has 1 fully saturated rings. The summed E-state index contributed by atoms with van der Waals surface area (Å²) in [5.41, 5.74) is 1.83. The van der Waals surface area contributed by atoms with Gasteiger partial charge in [0, 0.05) is 23.6 Å². The monoisotopic (exact) mass is 232 g/mol. The smallest absolute Gasteiger partial charge is 0.142 e. The van der Waals surface area contributed by atoms with Crippen molar-refractivity contribution in [2.24, 2.45) is 0 Å². The van der Waals surface area contributed by atoms with Crippen molar-refractivity contribution in [2.45, 2.75) is 18.9 Å². The molecule has 0 unspecified atom stereocenters. The second-order valence-corrected chi connectivity index (χ2v) is 4.40. The second-order valence-electron chi connectivity index (χ2n) is 4.40. The molecule has 0 spiro atoms. The molecule has 2 aromatic rings. The lowest BCUT2D eigenvalue weighted by molar-refractivity contribution is -0.108. The zero-order valence-corrected chi connectivity index (χ0v) is 9.32. The van der Waals surface area contributed by atoms with Crippen molar-refractivity contribution < 1.29 is 9.18 Å². The highest BCUT2D eigenvalue weighted by molar-refractivity contribution is 5.94. The molecule has 4 heteroatoms. The first-order chi connectivity index (χ1) is 8.29. The van der Waals surface area contributed by atoms with Gasteiger partial charge in [0.1, 0.15) is 12.1 Å². The third kappa shape index (κ3) is 1.60. The molecule has 3 nitrogen and oxygen atoms in total. The number of aldehydes is 1. The number of anilines is 1. The highest BCUT2D eigenvalue weighted by Crippen LogP contribution is 2.32. The molecule has 2 heterocycles. The van der Waals surface area contributed by atoms with Gasteiger partial charge in [0.15, 0.2) is 0 Å². The van der Waals surface area contributed by atoms with Crippen molar-refractivity contribution in [3.63, 3.8) is 0 Å². The predicted octanol–water partition coefficient (Wildman–Crippen LogP) is 2.47. The van der Waals surface area contributed by atoms with Crippen LogP contribution in [0.4, 0.5) is 10.1 Å². The quantitative estimate of drug-likeness (QED) is 0.807. The van der Waals surface area contributed by atoms with Gasteiger partial charge in [0.05, 0.1) is 11.7 Å². The van der Waals surface area contributed by atoms with Crippen molar-refractivity contribution in [1.29, 1.82) is 0 Å². The van der Waals surface area contributed by atoms with Crippen LogP contribution >= 0.6 is 0 Å². The number of nitrogens with one attached hydrogen (secondary N) is 1. The minimum absolute atomic E-state index is 0.0720. The molecule has 1 saturated heterocycles. The lowest BCUT2D eigenvalue weighted by atomic mass is 10.2. The largest absolute Gasteiger partial charge is 0.360 e. The zero-order valence-electron chi connectivity index (χ0n) is 9.32. The number of H-pyrrole nitrogens is 1. The first-order valence-electron chi connectivity index (χ1n) is 5.78. The number of hydrogen-bond donors (Lipinski definition) is 1. The van der Waals surface area contributed by atoms with Crippen LogP contribution in [0, 0.1) is 5.82 Å². The number of fused-ring (bicyclic) bond motifs is 1. The Balaban J connectivity index is 2.10. The molecule has 1 atom stereocenters. The van der Waals surface area contributed by atoms with Gasteiger partial charge < -0.3 is 14.7 Å². The maximum atomic E-state index is 13.3. The molecule has 88 valence electrons. The van der Waals surface area contributed by atoms with E-state index < -0.39 is 0 Å². The molecule has 1 aliphatic heterocycles. The molecule has 3 rings (SSSR count). The number of carbonyl (C=O) groups is 1. The van der Waals surface area contributed by atoms with Crippen LogP contribution in [0.15, 0.2) is 24.4 Å². The summed E-state index contributed by atoms with van der Waals surface area (Å²) in [7, 11) is 0. The molecule has 17 heavy (non-hydrogen) atoms. The Labute approximate surface area is 98.2 Å². The lowest BCUT2D eigenvalue weighted by Gasteiger charge is -2.21. The Hall–Kier alpha value is -1.84. The van der Waals surface area contributed by atoms with E-state index in [9.17, 15) is 9.18 Å². The minimum Gasteiger partial charge on any atom is -0.360 e. The van der Waals surface area contributed by atoms with E-state index in [-0.39, 0.29) is 11.9 Å². The summed E-state index contributed by atoms with van der Waals surface area (Å²) in [5.74, 6) is -0.250. The van der Waals surface area contributed by atoms with Crippen LogP contribution in [0.25, 0.3) is 10.9 Å². The van der Waals surface area contributed by atoms with E-state index in [0.717, 1.165) is 42.3 Å². The van der Waals surface area contributed by atoms with Gasteiger partial charge in [-0.3, -0.25) is 0 Å². The molecule has 1 aliphatic rings. The van der Waals surface area contributed by atoms with Gasteiger partial charge in [-0.15, -0.1) is 0 Å². The fraction of sp³-hybridized carbons (Fsp3) is 0.308. The number of aromatic nitrogens is 1. The van der Waals surface area contributed by atoms with Crippen molar-refractivity contribution in [2.75, 3.05) is 11.4 Å². The van der Waals surface area contributed by atoms with Gasteiger partial charge in [-0.1, -0.05) is 0 Å². The third-order valence-corrected chi connectivity index (χ3v) is 3.39. The number of halogens is 1. The summed E-state index contributed by atoms with van der Waals surface area (Å²) < 4.78 is 13.3. The second kappa shape index (κ2) is 3.87. The maximum absolute atomic E-state index is 13.3. The summed E-state index contributed by atoms with van der Waals surface area (Å²) >= 11 is 0. The molecule has 0 bridgehead atoms. The number of benzene rings is 1. The third-order valence-electron chi connectivity index (χ3n) is 3.39. The summed E-state index contributed by atoms with van der Waals surface area (Å²) in [6.07, 6.45) is 4.72. The number of carbonyl (C=O) groups excluding carboxylic acids is 1. The van der Waals surface area contributed by atoms with E-state index in [4.69, 9.17) is 0 Å². The van der Waals surface area contributed by atoms with Crippen LogP contribution < -0.4 is 4.90 Å². The SMILES string of the molecule is O=C[C@H]1CCCN1c1c[nH]c2ccc(F)cc12. The number of aromatic amines is 1. The number of nitrogens with zero attached hydrogens (tertiary/aromatic N) is 1. The van der Waals surface area contributed by atoms with Crippen LogP contribution in [0.1, 0.15) is 12.8 Å². The molecule has 0 aliphatic carbocycles. The van der Waals surface area contributed by atoms with Gasteiger partial charge >= 0.3 is 0 Å². The Morgan fingerprint density at radius 2 is 2.35 bits per heavy atom. The van der Waals surface area contributed by atoms with Gasteiger partial charge in [-0.05, 0) is 31.0 Å². The Morgan fingerprint density at radius 3 is 3.18 bits per heavy atom. The van der Waals surface area contributed by atoms with Crippen LogP contribution in [-0.2, 0) is 4.79 Å². The molecule has 0 radical (unpaired) electrons. The van der Waals surface area contributed by atoms with E-state index in [1.54, 1.807) is 6.07 Å². The summed E-state index contributed by atoms with van der Waals surface area (Å²) in [6, 6.07) is 4.60. The molecule has 1 aromatic heterocycles. The van der Waals surface area contributed by atoms with Crippen LogP contribution in [-0.4, -0.2) is 23.9 Å². The van der Waals surface area contributed by atoms with Crippen LogP contribution in [0.2, 0.25) is 0 Å². The van der Waals surface area contributed by atoms with E-state index in [2.05, 4.69) is 4.98 Å². The maximum Gasteiger partial charge on any atom is 0.142 e. The number of hydrogen-bond acceptors (Lipinski definition) is 2. The van der Waals surface area contributed by atoms with Crippen molar-refractivity contribution in [3.05, 3.63) is 30.2 Å². The van der Waals surface area contributed by atoms with E-state index in [1.165, 1.54) is 12.1 Å². The van der Waals surface area contributed by atoms with Gasteiger partial charge in [0.2, 0.25) is 0 Å². The van der Waals surface area contributed by atoms with Gasteiger partial charge in [-0.2, -0.15) is 0 Å². The standard InChI is InChI=1S/C13H13FN2O/c14-9-3-4-12-11(6-9)13(7-15-12)16-5-1-2-10(16)8-17/h3-4,6-8,10,15H,1-2,5H2/t10-/m1/s1. The molecule has 1 aromatic carbocycles. The Bertz CT molecular complexity index is 564. The summed E-state index contributed by atoms with van der Waals surface area (Å²) in [5, 5.41) is 0.846. The normalized spacial score (nSPS) is 20.1. The van der Waals surface area contributed by atoms with E-state index >= 15 is 0 Å². The highest BCUT2D eigenvalue weighted by Gasteiger charge is 2.25. The Kier molecular flexibility index (Phi) is 2.35. The first-order valence-corrected chi connectivity index (χ1v) is 5.78. The van der Waals surface area contributed by atoms with Crippen LogP contribution in [0.3, 0.4) is 0 Å². The highest BCUT2D eigenvalue weighted by atomic mass is 19.1. The van der Waals surface area contributed by atoms with Crippen molar-refractivity contribution in [3.8, 4) is 0 Å². The molecule has 0 amide bonds. The Morgan fingerprint density at radius 1 is 1.47 bits per heavy atom. The minimum atomic E-state index is -0.250. The topological polar surface area (TPSA) is 36.1 Å². The first kappa shape index (κ1) is 10.3. The average Bonchev–Trinajstić information content (AvgIpc) is 2.93. The molecule has 1 N–H and O–H groups in total. The van der Waals surface area contributed by atoms with E-state index in [0.29, 0.717) is 0 Å². The van der Waals surface area contributed by atoms with E-state index in [1.807, 2.05) is 11.1 Å². The molecule has 0 saturated carbocycles. The van der Waals surface area contributed by atoms with Crippen LogP contribution in [0.5, 0.6) is 0 Å². The van der Waals surface area contributed by atoms with Gasteiger partial charge in [-0.25, -0.2) is 4.39 Å². The fourth-order valence-electron chi connectivity index (χ4n) is 2.55. The summed E-state index contributed by atoms with van der Waals surface area (Å²) in [6.45, 7) is 0.854. The lowest BCUT2D eigenvalue weighted by Crippen LogP contribution is -2.29. The molecular formula is C13H13FN2O. The average molecular weight is 232 g/mol. The zero-order chi connectivity index (χ0) is 11.8. The van der Waals surface area contributed by atoms with Gasteiger partial charge in [0.25, 0.3) is 0 Å². The van der Waals surface area contributed by atoms with Crippen molar-refractivity contribution in [1.82, 2.24) is 4.98 Å². The summed E-state index contributed by atoms with van der Waals surface area (Å²) in [4.78, 5) is 16.1. The van der Waals surface area contributed by atoms with Crippen molar-refractivity contribution >= 4 is 22.9 Å². The fourth-order valence-corrected chi connectivity index (χ4v) is 2.55. The molecular weight excluding hydrogens is 219 g/mol. The number of rotatable bonds is 2. The predicted molar refractivity (Wildman–Crippen MR) is 64.7 cm³/mol.